The van der Waals surface area contributed by atoms with Crippen LogP contribution in [0.3, 0.4) is 0 Å². The summed E-state index contributed by atoms with van der Waals surface area (Å²) in [6, 6.07) is 6.53. The number of aryl methyl sites for hydroxylation is 1. The zero-order valence-corrected chi connectivity index (χ0v) is 34.2. The van der Waals surface area contributed by atoms with Crippen molar-refractivity contribution in [3.05, 3.63) is 70.1 Å². The third-order valence-electron chi connectivity index (χ3n) is 11.7. The molecule has 0 radical (unpaired) electrons. The number of halogens is 2. The fourth-order valence-electron chi connectivity index (χ4n) is 9.09. The van der Waals surface area contributed by atoms with Gasteiger partial charge < -0.3 is 25.4 Å². The largest absolute Gasteiger partial charge is 0.508 e. The maximum atomic E-state index is 16.1. The van der Waals surface area contributed by atoms with E-state index >= 15 is 8.78 Å². The Hall–Kier alpha value is -5.17. The molecule has 57 heavy (non-hydrogen) atoms. The van der Waals surface area contributed by atoms with Gasteiger partial charge in [-0.05, 0) is 125 Å². The van der Waals surface area contributed by atoms with Crippen LogP contribution in [-0.2, 0) is 11.2 Å². The molecule has 1 aliphatic carbocycles. The van der Waals surface area contributed by atoms with Crippen LogP contribution in [-0.4, -0.2) is 107 Å². The van der Waals surface area contributed by atoms with Crippen molar-refractivity contribution in [2.75, 3.05) is 58.3 Å². The van der Waals surface area contributed by atoms with Crippen LogP contribution in [0.15, 0.2) is 51.9 Å². The molecule has 0 atom stereocenters. The van der Waals surface area contributed by atoms with Crippen LogP contribution < -0.4 is 15.4 Å². The Morgan fingerprint density at radius 1 is 1.14 bits per heavy atom. The lowest BCUT2D eigenvalue weighted by atomic mass is 9.78. The Kier molecular flexibility index (Phi) is 11.2. The molecule has 4 heterocycles. The minimum atomic E-state index is -0.858. The molecule has 0 spiro atoms. The molecule has 1 aromatic heterocycles. The van der Waals surface area contributed by atoms with Gasteiger partial charge >= 0.3 is 6.01 Å². The molecule has 0 bridgehead atoms. The number of hydrogen-bond donors (Lipinski definition) is 2. The third-order valence-corrected chi connectivity index (χ3v) is 11.7. The number of carbonyl (C=O) groups is 1. The van der Waals surface area contributed by atoms with Crippen molar-refractivity contribution in [3.8, 4) is 11.8 Å². The molecule has 302 valence electrons. The van der Waals surface area contributed by atoms with E-state index in [1.807, 2.05) is 45.6 Å². The van der Waals surface area contributed by atoms with E-state index in [0.717, 1.165) is 55.5 Å². The summed E-state index contributed by atoms with van der Waals surface area (Å²) in [4.78, 5) is 38.5. The van der Waals surface area contributed by atoms with Crippen LogP contribution in [0, 0.1) is 5.82 Å². The molecular formula is C44H54F2N8O3. The minimum Gasteiger partial charge on any atom is -0.508 e. The van der Waals surface area contributed by atoms with E-state index in [0.29, 0.717) is 77.2 Å². The summed E-state index contributed by atoms with van der Waals surface area (Å²) < 4.78 is 38.3. The number of phenols is 1. The SMILES string of the molecule is C/C=C1\C(=NC(C)C)C(c2cc(O)cc3ccc(F)c(CC)c23)=C(C)c2nc(OCC34CCCN3CCC4)nc(N3CCCN=C(/C(F)=C(\N)C(=O)N(C)C)C3)c21. The van der Waals surface area contributed by atoms with E-state index in [2.05, 4.69) is 9.89 Å². The Morgan fingerprint density at radius 3 is 2.54 bits per heavy atom. The molecule has 1 amide bonds. The highest BCUT2D eigenvalue weighted by atomic mass is 19.1. The van der Waals surface area contributed by atoms with Crippen molar-refractivity contribution < 1.29 is 23.4 Å². The highest BCUT2D eigenvalue weighted by Gasteiger charge is 2.45. The van der Waals surface area contributed by atoms with Gasteiger partial charge in [-0.25, -0.2) is 8.78 Å². The quantitative estimate of drug-likeness (QED) is 0.220. The van der Waals surface area contributed by atoms with Crippen LogP contribution in [0.1, 0.15) is 89.1 Å². The molecule has 3 N–H and O–H groups in total. The topological polar surface area (TPSA) is 133 Å². The summed E-state index contributed by atoms with van der Waals surface area (Å²) in [6.07, 6.45) is 7.30. The summed E-state index contributed by atoms with van der Waals surface area (Å²) in [5.41, 5.74) is 10.9. The number of amides is 1. The summed E-state index contributed by atoms with van der Waals surface area (Å²) in [5, 5.41) is 12.6. The number of anilines is 1. The molecule has 2 aromatic carbocycles. The number of allylic oxidation sites excluding steroid dienone is 4. The predicted octanol–water partition coefficient (Wildman–Crippen LogP) is 7.12. The van der Waals surface area contributed by atoms with Gasteiger partial charge in [-0.2, -0.15) is 9.97 Å². The number of carbonyl (C=O) groups excluding carboxylic acids is 1. The number of nitrogens with two attached hydrogens (primary N) is 1. The van der Waals surface area contributed by atoms with Crippen LogP contribution in [0.4, 0.5) is 14.6 Å². The molecule has 2 saturated heterocycles. The van der Waals surface area contributed by atoms with Crippen molar-refractivity contribution in [1.29, 1.82) is 0 Å². The molecule has 3 aliphatic heterocycles. The lowest BCUT2D eigenvalue weighted by Crippen LogP contribution is -2.43. The van der Waals surface area contributed by atoms with Crippen LogP contribution in [0.5, 0.6) is 11.8 Å². The monoisotopic (exact) mass is 780 g/mol. The maximum Gasteiger partial charge on any atom is 0.319 e. The highest BCUT2D eigenvalue weighted by Crippen LogP contribution is 2.48. The smallest absolute Gasteiger partial charge is 0.319 e. The number of hydrogen-bond acceptors (Lipinski definition) is 10. The molecule has 2 fully saturated rings. The van der Waals surface area contributed by atoms with Gasteiger partial charge in [-0.3, -0.25) is 19.7 Å². The van der Waals surface area contributed by atoms with Crippen LogP contribution >= 0.6 is 0 Å². The van der Waals surface area contributed by atoms with Gasteiger partial charge in [0.05, 0.1) is 34.8 Å². The summed E-state index contributed by atoms with van der Waals surface area (Å²) in [6.45, 7) is 13.1. The number of aliphatic imine (C=N–C) groups is 2. The fourth-order valence-corrected chi connectivity index (χ4v) is 9.09. The Bertz CT molecular complexity index is 2260. The second-order valence-corrected chi connectivity index (χ2v) is 16.0. The highest BCUT2D eigenvalue weighted by molar-refractivity contribution is 6.51. The number of ether oxygens (including phenoxy) is 1. The van der Waals surface area contributed by atoms with Crippen molar-refractivity contribution in [2.45, 2.75) is 84.7 Å². The number of aromatic nitrogens is 2. The Morgan fingerprint density at radius 2 is 1.88 bits per heavy atom. The lowest BCUT2D eigenvalue weighted by molar-refractivity contribution is -0.124. The normalized spacial score (nSPS) is 20.2. The van der Waals surface area contributed by atoms with Crippen molar-refractivity contribution >= 4 is 50.6 Å². The first-order valence-corrected chi connectivity index (χ1v) is 20.1. The zero-order chi connectivity index (χ0) is 40.8. The molecule has 0 unspecified atom stereocenters. The summed E-state index contributed by atoms with van der Waals surface area (Å²) in [7, 11) is 3.04. The van der Waals surface area contributed by atoms with E-state index in [-0.39, 0.29) is 41.4 Å². The zero-order valence-electron chi connectivity index (χ0n) is 34.2. The summed E-state index contributed by atoms with van der Waals surface area (Å²) >= 11 is 0. The number of nitrogens with zero attached hydrogens (tertiary/aromatic N) is 7. The number of fused-ring (bicyclic) bond motifs is 3. The summed E-state index contributed by atoms with van der Waals surface area (Å²) in [5.74, 6) is -1.25. The molecule has 3 aromatic rings. The number of likely N-dealkylation sites (N-methyl/N-ethyl adjacent to an activating group) is 1. The van der Waals surface area contributed by atoms with Crippen molar-refractivity contribution in [1.82, 2.24) is 19.8 Å². The number of rotatable bonds is 9. The van der Waals surface area contributed by atoms with Gasteiger partial charge in [0.25, 0.3) is 5.91 Å². The minimum absolute atomic E-state index is 0.00650. The standard InChI is InChI=1S/C44H54F2N8O3/c1-8-29-32(45)14-13-27-21-28(55)22-31(35(27)29)34-26(5)39-36(30(9-2)40(34)49-25(3)4)41(51-43(50-39)57-24-44-15-10-19-54(44)20-11-16-44)53-18-12-17-48-33(23-53)37(46)38(47)42(56)52(6)7/h9,13-14,21-22,25,55H,8,10-12,15-20,23-24,47H2,1-7H3/b30-9-,38-37+,49-40?. The average Bonchev–Trinajstić information content (AvgIpc) is 3.67. The maximum absolute atomic E-state index is 16.1. The van der Waals surface area contributed by atoms with Gasteiger partial charge in [0.15, 0.2) is 5.83 Å². The van der Waals surface area contributed by atoms with Gasteiger partial charge in [0, 0.05) is 44.4 Å². The number of aromatic hydroxyl groups is 1. The van der Waals surface area contributed by atoms with E-state index < -0.39 is 17.4 Å². The van der Waals surface area contributed by atoms with E-state index in [1.54, 1.807) is 18.2 Å². The predicted molar refractivity (Wildman–Crippen MR) is 224 cm³/mol. The van der Waals surface area contributed by atoms with Crippen LogP contribution in [0.2, 0.25) is 0 Å². The lowest BCUT2D eigenvalue weighted by Gasteiger charge is -2.33. The Balaban J connectivity index is 1.48. The second kappa shape index (κ2) is 16.0. The van der Waals surface area contributed by atoms with Gasteiger partial charge in [0.1, 0.15) is 29.7 Å². The number of benzene rings is 2. The second-order valence-electron chi connectivity index (χ2n) is 16.0. The van der Waals surface area contributed by atoms with E-state index in [4.69, 9.17) is 25.4 Å². The molecular weight excluding hydrogens is 727 g/mol. The van der Waals surface area contributed by atoms with Gasteiger partial charge in [0.2, 0.25) is 0 Å². The van der Waals surface area contributed by atoms with Crippen molar-refractivity contribution in [2.24, 2.45) is 15.7 Å². The number of phenolic OH excluding ortho intramolecular Hbond substituents is 1. The van der Waals surface area contributed by atoms with E-state index in [1.165, 1.54) is 25.1 Å². The molecule has 13 heteroatoms. The molecule has 4 aliphatic rings. The fraction of sp³-hybridized carbons (Fsp3) is 0.477. The first-order valence-electron chi connectivity index (χ1n) is 20.1. The van der Waals surface area contributed by atoms with Gasteiger partial charge in [-0.1, -0.05) is 19.1 Å². The Labute approximate surface area is 333 Å². The van der Waals surface area contributed by atoms with Gasteiger partial charge in [-0.15, -0.1) is 0 Å². The van der Waals surface area contributed by atoms with Crippen LogP contribution in [0.25, 0.3) is 27.5 Å². The van der Waals surface area contributed by atoms with Crippen molar-refractivity contribution in [3.63, 3.8) is 0 Å². The third kappa shape index (κ3) is 7.30. The first kappa shape index (κ1) is 40.0. The van der Waals surface area contributed by atoms with E-state index in [9.17, 15) is 9.90 Å². The molecule has 7 rings (SSSR count). The average molecular weight is 781 g/mol. The molecule has 11 nitrogen and oxygen atoms in total. The molecule has 0 saturated carbocycles. The first-order chi connectivity index (χ1) is 27.3.